The van der Waals surface area contributed by atoms with Crippen LogP contribution in [0, 0.1) is 6.92 Å². The van der Waals surface area contributed by atoms with Crippen LogP contribution in [-0.4, -0.2) is 34.8 Å². The van der Waals surface area contributed by atoms with Crippen LogP contribution in [0.5, 0.6) is 0 Å². The van der Waals surface area contributed by atoms with Crippen LogP contribution in [0.25, 0.3) is 0 Å². The van der Waals surface area contributed by atoms with Crippen LogP contribution in [0.1, 0.15) is 5.56 Å². The molecule has 0 amide bonds. The van der Waals surface area contributed by atoms with Crippen molar-refractivity contribution in [2.24, 2.45) is 5.14 Å². The SMILES string of the molecule is Cc1ccc(NCCS(N)(=O)=O)cc1N(C)C. The summed E-state index contributed by atoms with van der Waals surface area (Å²) in [6, 6.07) is 5.90. The third-order valence-corrected chi connectivity index (χ3v) is 3.18. The number of sulfonamides is 1. The second-order valence-electron chi connectivity index (χ2n) is 4.19. The number of primary sulfonamides is 1. The molecular formula is C11H19N3O2S. The molecule has 0 saturated heterocycles. The molecule has 6 heteroatoms. The molecule has 0 fully saturated rings. The minimum atomic E-state index is -3.40. The van der Waals surface area contributed by atoms with Gasteiger partial charge in [0.1, 0.15) is 0 Å². The van der Waals surface area contributed by atoms with Gasteiger partial charge in [-0.05, 0) is 24.6 Å². The zero-order valence-electron chi connectivity index (χ0n) is 10.4. The zero-order chi connectivity index (χ0) is 13.1. The molecule has 96 valence electrons. The number of anilines is 2. The highest BCUT2D eigenvalue weighted by Gasteiger charge is 2.04. The number of nitrogens with zero attached hydrogens (tertiary/aromatic N) is 1. The van der Waals surface area contributed by atoms with Gasteiger partial charge in [-0.2, -0.15) is 0 Å². The first-order valence-electron chi connectivity index (χ1n) is 5.32. The van der Waals surface area contributed by atoms with Crippen molar-refractivity contribution in [1.82, 2.24) is 0 Å². The molecule has 1 aromatic carbocycles. The van der Waals surface area contributed by atoms with Crippen LogP contribution in [0.2, 0.25) is 0 Å². The van der Waals surface area contributed by atoms with Gasteiger partial charge in [-0.3, -0.25) is 0 Å². The topological polar surface area (TPSA) is 75.4 Å². The molecule has 0 bridgehead atoms. The first-order chi connectivity index (χ1) is 7.79. The lowest BCUT2D eigenvalue weighted by Gasteiger charge is -2.17. The minimum Gasteiger partial charge on any atom is -0.384 e. The van der Waals surface area contributed by atoms with Crippen LogP contribution in [-0.2, 0) is 10.0 Å². The van der Waals surface area contributed by atoms with Crippen molar-refractivity contribution < 1.29 is 8.42 Å². The van der Waals surface area contributed by atoms with Crippen LogP contribution in [0.4, 0.5) is 11.4 Å². The maximum atomic E-state index is 10.8. The number of hydrogen-bond acceptors (Lipinski definition) is 4. The third-order valence-electron chi connectivity index (χ3n) is 2.41. The van der Waals surface area contributed by atoms with Crippen molar-refractivity contribution in [3.8, 4) is 0 Å². The Morgan fingerprint density at radius 2 is 2.00 bits per heavy atom. The lowest BCUT2D eigenvalue weighted by atomic mass is 10.1. The average molecular weight is 257 g/mol. The second kappa shape index (κ2) is 5.37. The van der Waals surface area contributed by atoms with E-state index in [0.717, 1.165) is 11.4 Å². The van der Waals surface area contributed by atoms with Crippen molar-refractivity contribution in [3.05, 3.63) is 23.8 Å². The van der Waals surface area contributed by atoms with Gasteiger partial charge in [0.25, 0.3) is 0 Å². The van der Waals surface area contributed by atoms with Crippen molar-refractivity contribution in [2.75, 3.05) is 36.6 Å². The zero-order valence-corrected chi connectivity index (χ0v) is 11.2. The molecule has 0 radical (unpaired) electrons. The summed E-state index contributed by atoms with van der Waals surface area (Å²) in [5, 5.41) is 7.96. The molecule has 0 saturated carbocycles. The van der Waals surface area contributed by atoms with Gasteiger partial charge >= 0.3 is 0 Å². The quantitative estimate of drug-likeness (QED) is 0.816. The van der Waals surface area contributed by atoms with Gasteiger partial charge in [0, 0.05) is 32.0 Å². The predicted molar refractivity (Wildman–Crippen MR) is 72.0 cm³/mol. The van der Waals surface area contributed by atoms with Crippen molar-refractivity contribution in [1.29, 1.82) is 0 Å². The number of aryl methyl sites for hydroxylation is 1. The molecule has 1 rings (SSSR count). The van der Waals surface area contributed by atoms with Crippen LogP contribution in [0.15, 0.2) is 18.2 Å². The Labute approximate surface area is 103 Å². The molecule has 0 aromatic heterocycles. The smallest absolute Gasteiger partial charge is 0.210 e. The van der Waals surface area contributed by atoms with E-state index in [1.165, 1.54) is 5.56 Å². The fraction of sp³-hybridized carbons (Fsp3) is 0.455. The van der Waals surface area contributed by atoms with E-state index in [1.807, 2.05) is 44.1 Å². The molecule has 5 nitrogen and oxygen atoms in total. The third kappa shape index (κ3) is 4.62. The number of benzene rings is 1. The Balaban J connectivity index is 2.70. The highest BCUT2D eigenvalue weighted by molar-refractivity contribution is 7.89. The summed E-state index contributed by atoms with van der Waals surface area (Å²) >= 11 is 0. The molecule has 1 aromatic rings. The number of nitrogens with two attached hydrogens (primary N) is 1. The molecule has 0 aliphatic rings. The Hall–Kier alpha value is -1.27. The van der Waals surface area contributed by atoms with Crippen LogP contribution < -0.4 is 15.4 Å². The Morgan fingerprint density at radius 3 is 2.53 bits per heavy atom. The molecule has 17 heavy (non-hydrogen) atoms. The van der Waals surface area contributed by atoms with Gasteiger partial charge in [-0.25, -0.2) is 13.6 Å². The molecule has 0 atom stereocenters. The Morgan fingerprint density at radius 1 is 1.35 bits per heavy atom. The second-order valence-corrected chi connectivity index (χ2v) is 5.92. The highest BCUT2D eigenvalue weighted by atomic mass is 32.2. The largest absolute Gasteiger partial charge is 0.384 e. The lowest BCUT2D eigenvalue weighted by Crippen LogP contribution is -2.22. The van der Waals surface area contributed by atoms with Gasteiger partial charge in [-0.15, -0.1) is 0 Å². The average Bonchev–Trinajstić information content (AvgIpc) is 2.18. The van der Waals surface area contributed by atoms with Crippen molar-refractivity contribution in [3.63, 3.8) is 0 Å². The molecular weight excluding hydrogens is 238 g/mol. The van der Waals surface area contributed by atoms with Crippen LogP contribution >= 0.6 is 0 Å². The summed E-state index contributed by atoms with van der Waals surface area (Å²) < 4.78 is 21.6. The Kier molecular flexibility index (Phi) is 4.36. The normalized spacial score (nSPS) is 11.3. The van der Waals surface area contributed by atoms with E-state index in [0.29, 0.717) is 6.54 Å². The van der Waals surface area contributed by atoms with Gasteiger partial charge < -0.3 is 10.2 Å². The monoisotopic (exact) mass is 257 g/mol. The standard InChI is InChI=1S/C11H19N3O2S/c1-9-4-5-10(8-11(9)14(2)3)13-6-7-17(12,15)16/h4-5,8,13H,6-7H2,1-3H3,(H2,12,15,16). The van der Waals surface area contributed by atoms with E-state index in [1.54, 1.807) is 0 Å². The minimum absolute atomic E-state index is 0.0713. The first kappa shape index (κ1) is 13.8. The summed E-state index contributed by atoms with van der Waals surface area (Å²) in [7, 11) is 0.536. The molecule has 0 heterocycles. The number of hydrogen-bond donors (Lipinski definition) is 2. The first-order valence-corrected chi connectivity index (χ1v) is 7.03. The summed E-state index contributed by atoms with van der Waals surface area (Å²) in [4.78, 5) is 2.01. The van der Waals surface area contributed by atoms with E-state index in [2.05, 4.69) is 5.32 Å². The maximum absolute atomic E-state index is 10.8. The van der Waals surface area contributed by atoms with E-state index < -0.39 is 10.0 Å². The Bertz CT molecular complexity index is 483. The molecule has 0 unspecified atom stereocenters. The lowest BCUT2D eigenvalue weighted by molar-refractivity contribution is 0.598. The summed E-state index contributed by atoms with van der Waals surface area (Å²) in [5.74, 6) is -0.0713. The molecule has 0 aliphatic heterocycles. The maximum Gasteiger partial charge on any atom is 0.210 e. The number of nitrogens with one attached hydrogen (secondary N) is 1. The van der Waals surface area contributed by atoms with Gasteiger partial charge in [0.05, 0.1) is 5.75 Å². The molecule has 0 aliphatic carbocycles. The van der Waals surface area contributed by atoms with Gasteiger partial charge in [0.15, 0.2) is 0 Å². The molecule has 0 spiro atoms. The van der Waals surface area contributed by atoms with Crippen LogP contribution in [0.3, 0.4) is 0 Å². The fourth-order valence-electron chi connectivity index (χ4n) is 1.54. The van der Waals surface area contributed by atoms with Crippen molar-refractivity contribution in [2.45, 2.75) is 6.92 Å². The van der Waals surface area contributed by atoms with E-state index in [9.17, 15) is 8.42 Å². The van der Waals surface area contributed by atoms with E-state index in [-0.39, 0.29) is 5.75 Å². The summed E-state index contributed by atoms with van der Waals surface area (Å²) in [5.41, 5.74) is 3.17. The highest BCUT2D eigenvalue weighted by Crippen LogP contribution is 2.22. The van der Waals surface area contributed by atoms with Gasteiger partial charge in [-0.1, -0.05) is 6.07 Å². The van der Waals surface area contributed by atoms with Crippen molar-refractivity contribution >= 4 is 21.4 Å². The van der Waals surface area contributed by atoms with E-state index >= 15 is 0 Å². The predicted octanol–water partition coefficient (Wildman–Crippen LogP) is 0.761. The fourth-order valence-corrected chi connectivity index (χ4v) is 1.93. The van der Waals surface area contributed by atoms with E-state index in [4.69, 9.17) is 5.14 Å². The summed E-state index contributed by atoms with van der Waals surface area (Å²) in [6.45, 7) is 2.35. The summed E-state index contributed by atoms with van der Waals surface area (Å²) in [6.07, 6.45) is 0. The van der Waals surface area contributed by atoms with Gasteiger partial charge in [0.2, 0.25) is 10.0 Å². The molecule has 3 N–H and O–H groups in total. The number of rotatable bonds is 5.